The predicted molar refractivity (Wildman–Crippen MR) is 115 cm³/mol. The molecule has 0 aliphatic rings. The van der Waals surface area contributed by atoms with Gasteiger partial charge >= 0.3 is 0 Å². The highest BCUT2D eigenvalue weighted by Crippen LogP contribution is 2.23. The summed E-state index contributed by atoms with van der Waals surface area (Å²) in [7, 11) is 0. The van der Waals surface area contributed by atoms with E-state index in [2.05, 4.69) is 9.97 Å². The fraction of sp³-hybridized carbons (Fsp3) is 0.227. The molecule has 1 heterocycles. The first-order valence-corrected chi connectivity index (χ1v) is 10.5. The molecule has 6 heteroatoms. The van der Waals surface area contributed by atoms with Crippen molar-refractivity contribution in [2.75, 3.05) is 12.3 Å². The summed E-state index contributed by atoms with van der Waals surface area (Å²) in [5.41, 5.74) is 2.90. The normalized spacial score (nSPS) is 10.7. The highest BCUT2D eigenvalue weighted by atomic mass is 35.5. The molecule has 0 atom stereocenters. The van der Waals surface area contributed by atoms with E-state index in [0.717, 1.165) is 21.8 Å². The van der Waals surface area contributed by atoms with E-state index in [1.165, 1.54) is 11.8 Å². The summed E-state index contributed by atoms with van der Waals surface area (Å²) in [6.07, 6.45) is 0. The molecule has 0 unspecified atom stereocenters. The van der Waals surface area contributed by atoms with Crippen molar-refractivity contribution in [1.82, 2.24) is 14.9 Å². The Morgan fingerprint density at radius 1 is 1.07 bits per heavy atom. The van der Waals surface area contributed by atoms with Crippen LogP contribution in [-0.4, -0.2) is 33.1 Å². The van der Waals surface area contributed by atoms with E-state index in [0.29, 0.717) is 29.7 Å². The minimum atomic E-state index is 0.0978. The van der Waals surface area contributed by atoms with E-state index in [-0.39, 0.29) is 5.91 Å². The van der Waals surface area contributed by atoms with Crippen LogP contribution >= 0.6 is 23.4 Å². The first kappa shape index (κ1) is 20.4. The number of aryl methyl sites for hydroxylation is 1. The molecular formula is C22H22ClN3OS. The zero-order chi connectivity index (χ0) is 19.9. The second kappa shape index (κ2) is 9.71. The van der Waals surface area contributed by atoms with E-state index >= 15 is 0 Å². The van der Waals surface area contributed by atoms with Crippen molar-refractivity contribution in [3.63, 3.8) is 0 Å². The van der Waals surface area contributed by atoms with Crippen LogP contribution in [0, 0.1) is 6.92 Å². The second-order valence-electron chi connectivity index (χ2n) is 6.36. The van der Waals surface area contributed by atoms with Gasteiger partial charge in [0.2, 0.25) is 5.91 Å². The summed E-state index contributed by atoms with van der Waals surface area (Å²) < 4.78 is 0. The van der Waals surface area contributed by atoms with Gasteiger partial charge in [0.05, 0.1) is 5.75 Å². The highest BCUT2D eigenvalue weighted by Gasteiger charge is 2.14. The average molecular weight is 412 g/mol. The number of aromatic nitrogens is 2. The maximum Gasteiger partial charge on any atom is 0.233 e. The number of hydrogen-bond acceptors (Lipinski definition) is 4. The molecule has 0 saturated carbocycles. The quantitative estimate of drug-likeness (QED) is 0.393. The van der Waals surface area contributed by atoms with E-state index < -0.39 is 0 Å². The van der Waals surface area contributed by atoms with Crippen LogP contribution in [0.5, 0.6) is 0 Å². The SMILES string of the molecule is CCN(Cc1ccccc1)C(=O)CSc1cc(C)nc(-c2ccc(Cl)cc2)n1. The fourth-order valence-electron chi connectivity index (χ4n) is 2.75. The molecule has 0 spiro atoms. The number of carbonyl (C=O) groups is 1. The minimum absolute atomic E-state index is 0.0978. The van der Waals surface area contributed by atoms with Gasteiger partial charge in [-0.1, -0.05) is 53.7 Å². The first-order chi connectivity index (χ1) is 13.5. The van der Waals surface area contributed by atoms with Gasteiger partial charge in [-0.05, 0) is 49.7 Å². The molecule has 2 aromatic carbocycles. The third kappa shape index (κ3) is 5.57. The van der Waals surface area contributed by atoms with Crippen molar-refractivity contribution in [2.24, 2.45) is 0 Å². The minimum Gasteiger partial charge on any atom is -0.338 e. The molecule has 0 bridgehead atoms. The Kier molecular flexibility index (Phi) is 7.06. The molecule has 28 heavy (non-hydrogen) atoms. The number of benzene rings is 2. The van der Waals surface area contributed by atoms with Crippen molar-refractivity contribution < 1.29 is 4.79 Å². The standard InChI is InChI=1S/C22H22ClN3OS/c1-3-26(14-17-7-5-4-6-8-17)21(27)15-28-20-13-16(2)24-22(25-20)18-9-11-19(23)12-10-18/h4-13H,3,14-15H2,1-2H3. The lowest BCUT2D eigenvalue weighted by Crippen LogP contribution is -2.31. The summed E-state index contributed by atoms with van der Waals surface area (Å²) in [6, 6.07) is 19.4. The van der Waals surface area contributed by atoms with Gasteiger partial charge in [0.25, 0.3) is 0 Å². The molecular weight excluding hydrogens is 390 g/mol. The van der Waals surface area contributed by atoms with E-state index in [1.807, 2.05) is 79.4 Å². The largest absolute Gasteiger partial charge is 0.338 e. The molecule has 1 aromatic heterocycles. The second-order valence-corrected chi connectivity index (χ2v) is 7.79. The maximum atomic E-state index is 12.7. The van der Waals surface area contributed by atoms with Crippen LogP contribution in [0.3, 0.4) is 0 Å². The van der Waals surface area contributed by atoms with Crippen LogP contribution in [0.25, 0.3) is 11.4 Å². The van der Waals surface area contributed by atoms with Crippen LogP contribution < -0.4 is 0 Å². The van der Waals surface area contributed by atoms with Gasteiger partial charge in [-0.3, -0.25) is 4.79 Å². The fourth-order valence-corrected chi connectivity index (χ4v) is 3.73. The summed E-state index contributed by atoms with van der Waals surface area (Å²) in [5, 5.41) is 1.47. The van der Waals surface area contributed by atoms with E-state index in [1.54, 1.807) is 0 Å². The van der Waals surface area contributed by atoms with E-state index in [4.69, 9.17) is 11.6 Å². The zero-order valence-electron chi connectivity index (χ0n) is 15.9. The van der Waals surface area contributed by atoms with Crippen LogP contribution in [0.2, 0.25) is 5.02 Å². The highest BCUT2D eigenvalue weighted by molar-refractivity contribution is 7.99. The smallest absolute Gasteiger partial charge is 0.233 e. The summed E-state index contributed by atoms with van der Waals surface area (Å²) in [6.45, 7) is 5.22. The Balaban J connectivity index is 1.67. The van der Waals surface area contributed by atoms with Crippen LogP contribution in [-0.2, 0) is 11.3 Å². The van der Waals surface area contributed by atoms with Gasteiger partial charge in [-0.2, -0.15) is 0 Å². The summed E-state index contributed by atoms with van der Waals surface area (Å²) >= 11 is 7.40. The number of nitrogens with zero attached hydrogens (tertiary/aromatic N) is 3. The third-order valence-corrected chi connectivity index (χ3v) is 5.38. The molecule has 0 N–H and O–H groups in total. The number of amides is 1. The van der Waals surface area contributed by atoms with Gasteiger partial charge in [0.15, 0.2) is 5.82 Å². The predicted octanol–water partition coefficient (Wildman–Crippen LogP) is 5.25. The summed E-state index contributed by atoms with van der Waals surface area (Å²) in [5.74, 6) is 1.08. The Hall–Kier alpha value is -2.37. The number of carbonyl (C=O) groups excluding carboxylic acids is 1. The molecule has 0 aliphatic heterocycles. The van der Waals surface area contributed by atoms with E-state index in [9.17, 15) is 4.79 Å². The van der Waals surface area contributed by atoms with Gasteiger partial charge in [-0.25, -0.2) is 9.97 Å². The number of rotatable bonds is 7. The van der Waals surface area contributed by atoms with Crippen LogP contribution in [0.1, 0.15) is 18.2 Å². The molecule has 4 nitrogen and oxygen atoms in total. The summed E-state index contributed by atoms with van der Waals surface area (Å²) in [4.78, 5) is 23.7. The van der Waals surface area contributed by atoms with Gasteiger partial charge in [-0.15, -0.1) is 0 Å². The topological polar surface area (TPSA) is 46.1 Å². The van der Waals surface area contributed by atoms with Crippen molar-refractivity contribution in [1.29, 1.82) is 0 Å². The monoisotopic (exact) mass is 411 g/mol. The van der Waals surface area contributed by atoms with Crippen LogP contribution in [0.4, 0.5) is 0 Å². The lowest BCUT2D eigenvalue weighted by Gasteiger charge is -2.20. The molecule has 0 aliphatic carbocycles. The molecule has 1 amide bonds. The molecule has 144 valence electrons. The number of hydrogen-bond donors (Lipinski definition) is 0. The Morgan fingerprint density at radius 2 is 1.79 bits per heavy atom. The molecule has 0 fully saturated rings. The molecule has 0 saturated heterocycles. The Labute approximate surface area is 175 Å². The van der Waals surface area contributed by atoms with Crippen molar-refractivity contribution in [3.05, 3.63) is 76.9 Å². The lowest BCUT2D eigenvalue weighted by atomic mass is 10.2. The molecule has 3 rings (SSSR count). The molecule has 3 aromatic rings. The molecule has 0 radical (unpaired) electrons. The zero-order valence-corrected chi connectivity index (χ0v) is 17.5. The van der Waals surface area contributed by atoms with Gasteiger partial charge in [0.1, 0.15) is 5.03 Å². The van der Waals surface area contributed by atoms with Gasteiger partial charge in [0, 0.05) is 29.4 Å². The third-order valence-electron chi connectivity index (χ3n) is 4.23. The van der Waals surface area contributed by atoms with Crippen LogP contribution in [0.15, 0.2) is 65.7 Å². The Morgan fingerprint density at radius 3 is 2.46 bits per heavy atom. The average Bonchev–Trinajstić information content (AvgIpc) is 2.71. The Bertz CT molecular complexity index is 932. The maximum absolute atomic E-state index is 12.7. The first-order valence-electron chi connectivity index (χ1n) is 9.11. The lowest BCUT2D eigenvalue weighted by molar-refractivity contribution is -0.128. The van der Waals surface area contributed by atoms with Crippen molar-refractivity contribution >= 4 is 29.3 Å². The van der Waals surface area contributed by atoms with Crippen molar-refractivity contribution in [3.8, 4) is 11.4 Å². The number of halogens is 1. The number of thioether (sulfide) groups is 1. The van der Waals surface area contributed by atoms with Gasteiger partial charge < -0.3 is 4.90 Å². The van der Waals surface area contributed by atoms with Crippen molar-refractivity contribution in [2.45, 2.75) is 25.4 Å².